The largest absolute Gasteiger partial charge is 0.465 e. The van der Waals surface area contributed by atoms with Crippen molar-refractivity contribution < 1.29 is 18.3 Å². The zero-order valence-electron chi connectivity index (χ0n) is 7.93. The average molecular weight is 222 g/mol. The number of amides is 1. The van der Waals surface area contributed by atoms with Crippen molar-refractivity contribution in [2.24, 2.45) is 0 Å². The molecule has 0 aromatic heterocycles. The molecule has 2 N–H and O–H groups in total. The summed E-state index contributed by atoms with van der Waals surface area (Å²) in [5.74, 6) is -0.0308. The lowest BCUT2D eigenvalue weighted by molar-refractivity contribution is 0.138. The Kier molecular flexibility index (Phi) is 3.33. The number of carbonyl (C=O) groups is 1. The van der Waals surface area contributed by atoms with E-state index < -0.39 is 22.3 Å². The number of nitrogens with one attached hydrogen (secondary N) is 1. The van der Waals surface area contributed by atoms with Gasteiger partial charge < -0.3 is 5.11 Å². The third-order valence-electron chi connectivity index (χ3n) is 2.19. The highest BCUT2D eigenvalue weighted by molar-refractivity contribution is 7.89. The van der Waals surface area contributed by atoms with Crippen LogP contribution in [0.15, 0.2) is 0 Å². The van der Waals surface area contributed by atoms with Crippen LogP contribution in [0.2, 0.25) is 0 Å². The Morgan fingerprint density at radius 3 is 2.79 bits per heavy atom. The van der Waals surface area contributed by atoms with Gasteiger partial charge in [-0.1, -0.05) is 0 Å². The van der Waals surface area contributed by atoms with Gasteiger partial charge in [-0.3, -0.25) is 4.90 Å². The Morgan fingerprint density at radius 1 is 1.64 bits per heavy atom. The maximum atomic E-state index is 11.2. The van der Waals surface area contributed by atoms with Crippen LogP contribution in [0.3, 0.4) is 0 Å². The van der Waals surface area contributed by atoms with Crippen molar-refractivity contribution in [1.29, 1.82) is 0 Å². The standard InChI is InChI=1S/C7H14N2O4S/c1-2-14(12,13)8-6-4-3-5-9(6)7(10)11/h6,8H,2-5H2,1H3,(H,10,11). The first-order valence-electron chi connectivity index (χ1n) is 4.46. The van der Waals surface area contributed by atoms with Crippen molar-refractivity contribution in [2.45, 2.75) is 25.9 Å². The molecule has 1 fully saturated rings. The topological polar surface area (TPSA) is 86.7 Å². The monoisotopic (exact) mass is 222 g/mol. The molecular formula is C7H14N2O4S. The quantitative estimate of drug-likeness (QED) is 0.705. The van der Waals surface area contributed by atoms with E-state index in [2.05, 4.69) is 4.72 Å². The SMILES string of the molecule is CCS(=O)(=O)NC1CCCN1C(=O)O. The van der Waals surface area contributed by atoms with E-state index in [4.69, 9.17) is 5.11 Å². The van der Waals surface area contributed by atoms with E-state index in [0.29, 0.717) is 19.4 Å². The second-order valence-electron chi connectivity index (χ2n) is 3.16. The first kappa shape index (κ1) is 11.3. The molecule has 1 amide bonds. The summed E-state index contributed by atoms with van der Waals surface area (Å²) in [6, 6.07) is 0. The van der Waals surface area contributed by atoms with Crippen LogP contribution in [0.5, 0.6) is 0 Å². The summed E-state index contributed by atoms with van der Waals surface area (Å²) in [5.41, 5.74) is 0. The highest BCUT2D eigenvalue weighted by atomic mass is 32.2. The van der Waals surface area contributed by atoms with E-state index in [9.17, 15) is 13.2 Å². The minimum Gasteiger partial charge on any atom is -0.465 e. The predicted molar refractivity (Wildman–Crippen MR) is 50.3 cm³/mol. The average Bonchev–Trinajstić information content (AvgIpc) is 2.51. The molecule has 1 rings (SSSR count). The third kappa shape index (κ3) is 2.58. The molecule has 1 unspecified atom stereocenters. The fraction of sp³-hybridized carbons (Fsp3) is 0.857. The van der Waals surface area contributed by atoms with Gasteiger partial charge >= 0.3 is 6.09 Å². The molecule has 1 saturated heterocycles. The van der Waals surface area contributed by atoms with Crippen LogP contribution in [0, 0.1) is 0 Å². The molecule has 0 spiro atoms. The van der Waals surface area contributed by atoms with E-state index in [1.165, 1.54) is 6.92 Å². The van der Waals surface area contributed by atoms with Crippen LogP contribution in [-0.2, 0) is 10.0 Å². The number of sulfonamides is 1. The summed E-state index contributed by atoms with van der Waals surface area (Å²) in [6.45, 7) is 1.91. The van der Waals surface area contributed by atoms with E-state index in [1.807, 2.05) is 0 Å². The fourth-order valence-electron chi connectivity index (χ4n) is 1.41. The maximum absolute atomic E-state index is 11.2. The number of rotatable bonds is 3. The van der Waals surface area contributed by atoms with Gasteiger partial charge in [0.1, 0.15) is 0 Å². The van der Waals surface area contributed by atoms with Crippen LogP contribution < -0.4 is 4.72 Å². The normalized spacial score (nSPS) is 22.6. The van der Waals surface area contributed by atoms with Crippen LogP contribution in [0.1, 0.15) is 19.8 Å². The van der Waals surface area contributed by atoms with E-state index in [-0.39, 0.29) is 5.75 Å². The van der Waals surface area contributed by atoms with Gasteiger partial charge in [-0.15, -0.1) is 0 Å². The van der Waals surface area contributed by atoms with E-state index >= 15 is 0 Å². The predicted octanol–water partition coefficient (Wildman–Crippen LogP) is 0.0256. The molecule has 14 heavy (non-hydrogen) atoms. The van der Waals surface area contributed by atoms with Crippen LogP contribution in [0.25, 0.3) is 0 Å². The Labute approximate surface area is 82.9 Å². The van der Waals surface area contributed by atoms with Crippen molar-refractivity contribution in [3.05, 3.63) is 0 Å². The van der Waals surface area contributed by atoms with Crippen LogP contribution in [0.4, 0.5) is 4.79 Å². The minimum absolute atomic E-state index is 0.0308. The Morgan fingerprint density at radius 2 is 2.29 bits per heavy atom. The molecule has 1 aliphatic heterocycles. The number of hydrogen-bond donors (Lipinski definition) is 2. The number of likely N-dealkylation sites (tertiary alicyclic amines) is 1. The molecule has 1 aliphatic rings. The van der Waals surface area contributed by atoms with Crippen molar-refractivity contribution in [1.82, 2.24) is 9.62 Å². The fourth-order valence-corrected chi connectivity index (χ4v) is 2.24. The van der Waals surface area contributed by atoms with Gasteiger partial charge in [0, 0.05) is 6.54 Å². The zero-order valence-corrected chi connectivity index (χ0v) is 8.75. The molecule has 0 radical (unpaired) electrons. The summed E-state index contributed by atoms with van der Waals surface area (Å²) >= 11 is 0. The van der Waals surface area contributed by atoms with Crippen molar-refractivity contribution >= 4 is 16.1 Å². The van der Waals surface area contributed by atoms with E-state index in [0.717, 1.165) is 4.90 Å². The summed E-state index contributed by atoms with van der Waals surface area (Å²) in [7, 11) is -3.32. The smallest absolute Gasteiger partial charge is 0.408 e. The number of hydrogen-bond acceptors (Lipinski definition) is 3. The lowest BCUT2D eigenvalue weighted by Gasteiger charge is -2.21. The first-order valence-corrected chi connectivity index (χ1v) is 6.11. The number of carboxylic acid groups (broad SMARTS) is 1. The summed E-state index contributed by atoms with van der Waals surface area (Å²) in [4.78, 5) is 11.8. The lowest BCUT2D eigenvalue weighted by atomic mass is 10.3. The lowest BCUT2D eigenvalue weighted by Crippen LogP contribution is -2.46. The van der Waals surface area contributed by atoms with Gasteiger partial charge in [-0.25, -0.2) is 13.2 Å². The molecule has 6 nitrogen and oxygen atoms in total. The number of nitrogens with zero attached hydrogens (tertiary/aromatic N) is 1. The van der Waals surface area contributed by atoms with Crippen molar-refractivity contribution in [2.75, 3.05) is 12.3 Å². The zero-order chi connectivity index (χ0) is 10.8. The third-order valence-corrected chi connectivity index (χ3v) is 3.59. The molecule has 0 aromatic carbocycles. The highest BCUT2D eigenvalue weighted by Gasteiger charge is 2.30. The summed E-state index contributed by atoms with van der Waals surface area (Å²) < 4.78 is 24.7. The minimum atomic E-state index is -3.32. The second kappa shape index (κ2) is 4.14. The molecule has 0 bridgehead atoms. The van der Waals surface area contributed by atoms with Gasteiger partial charge in [-0.05, 0) is 19.8 Å². The molecule has 0 saturated carbocycles. The molecule has 7 heteroatoms. The van der Waals surface area contributed by atoms with Crippen LogP contribution >= 0.6 is 0 Å². The highest BCUT2D eigenvalue weighted by Crippen LogP contribution is 2.15. The Hall–Kier alpha value is -0.820. The maximum Gasteiger partial charge on any atom is 0.408 e. The summed E-state index contributed by atoms with van der Waals surface area (Å²) in [6.07, 6.45) is -0.418. The van der Waals surface area contributed by atoms with Gasteiger partial charge in [-0.2, -0.15) is 4.72 Å². The molecule has 0 aromatic rings. The molecule has 0 aliphatic carbocycles. The Bertz CT molecular complexity index is 314. The Balaban J connectivity index is 2.65. The molecule has 1 atom stereocenters. The van der Waals surface area contributed by atoms with E-state index in [1.54, 1.807) is 0 Å². The van der Waals surface area contributed by atoms with Gasteiger partial charge in [0.2, 0.25) is 10.0 Å². The van der Waals surface area contributed by atoms with Crippen molar-refractivity contribution in [3.63, 3.8) is 0 Å². The van der Waals surface area contributed by atoms with Gasteiger partial charge in [0.25, 0.3) is 0 Å². The summed E-state index contributed by atoms with van der Waals surface area (Å²) in [5, 5.41) is 8.74. The second-order valence-corrected chi connectivity index (χ2v) is 5.20. The molecule has 1 heterocycles. The molecule has 82 valence electrons. The van der Waals surface area contributed by atoms with Gasteiger partial charge in [0.15, 0.2) is 0 Å². The first-order chi connectivity index (χ1) is 6.46. The van der Waals surface area contributed by atoms with Gasteiger partial charge in [0.05, 0.1) is 11.9 Å². The molecular weight excluding hydrogens is 208 g/mol. The van der Waals surface area contributed by atoms with Crippen molar-refractivity contribution in [3.8, 4) is 0 Å². The van der Waals surface area contributed by atoms with Crippen LogP contribution in [-0.4, -0.2) is 43.0 Å².